The summed E-state index contributed by atoms with van der Waals surface area (Å²) in [7, 11) is 2.01. The van der Waals surface area contributed by atoms with Crippen LogP contribution in [0.4, 0.5) is 4.39 Å². The molecule has 1 N–H and O–H groups in total. The highest BCUT2D eigenvalue weighted by Gasteiger charge is 2.28. The van der Waals surface area contributed by atoms with Crippen LogP contribution in [0.25, 0.3) is 0 Å². The SMILES string of the molecule is CCC1CN(C)CCCN1C(=O)c1ccc(C(=O)O)cc1F. The average Bonchev–Trinajstić information content (AvgIpc) is 2.67. The molecule has 1 unspecified atom stereocenters. The van der Waals surface area contributed by atoms with Crippen LogP contribution in [0.5, 0.6) is 0 Å². The molecule has 1 saturated heterocycles. The number of carbonyl (C=O) groups is 2. The second-order valence-corrected chi connectivity index (χ2v) is 5.68. The summed E-state index contributed by atoms with van der Waals surface area (Å²) in [6.07, 6.45) is 1.64. The van der Waals surface area contributed by atoms with Crippen LogP contribution in [0, 0.1) is 5.82 Å². The van der Waals surface area contributed by atoms with Crippen LogP contribution >= 0.6 is 0 Å². The zero-order valence-corrected chi connectivity index (χ0v) is 12.9. The topological polar surface area (TPSA) is 60.9 Å². The van der Waals surface area contributed by atoms with Crippen molar-refractivity contribution in [3.8, 4) is 0 Å². The molecule has 6 heteroatoms. The second-order valence-electron chi connectivity index (χ2n) is 5.68. The molecule has 0 aromatic heterocycles. The lowest BCUT2D eigenvalue weighted by molar-refractivity contribution is 0.0663. The molecule has 5 nitrogen and oxygen atoms in total. The van der Waals surface area contributed by atoms with E-state index >= 15 is 0 Å². The van der Waals surface area contributed by atoms with Gasteiger partial charge in [0.2, 0.25) is 0 Å². The number of rotatable bonds is 3. The number of hydrogen-bond donors (Lipinski definition) is 1. The first-order valence-electron chi connectivity index (χ1n) is 7.46. The Balaban J connectivity index is 2.27. The van der Waals surface area contributed by atoms with E-state index in [0.717, 1.165) is 32.0 Å². The van der Waals surface area contributed by atoms with Gasteiger partial charge in [-0.15, -0.1) is 0 Å². The number of carboxylic acid groups (broad SMARTS) is 1. The first-order valence-corrected chi connectivity index (χ1v) is 7.46. The molecule has 1 aromatic carbocycles. The van der Waals surface area contributed by atoms with E-state index in [2.05, 4.69) is 4.90 Å². The van der Waals surface area contributed by atoms with Crippen LogP contribution in [-0.4, -0.2) is 59.5 Å². The largest absolute Gasteiger partial charge is 0.478 e. The van der Waals surface area contributed by atoms with Crippen molar-refractivity contribution in [2.24, 2.45) is 0 Å². The van der Waals surface area contributed by atoms with Gasteiger partial charge in [-0.3, -0.25) is 4.79 Å². The number of halogens is 1. The van der Waals surface area contributed by atoms with E-state index in [9.17, 15) is 14.0 Å². The lowest BCUT2D eigenvalue weighted by atomic mass is 10.1. The summed E-state index contributed by atoms with van der Waals surface area (Å²) in [6.45, 7) is 4.26. The number of benzene rings is 1. The quantitative estimate of drug-likeness (QED) is 0.929. The summed E-state index contributed by atoms with van der Waals surface area (Å²) < 4.78 is 14.1. The molecular weight excluding hydrogens is 287 g/mol. The van der Waals surface area contributed by atoms with Crippen LogP contribution in [0.2, 0.25) is 0 Å². The molecule has 0 radical (unpaired) electrons. The van der Waals surface area contributed by atoms with Crippen LogP contribution in [-0.2, 0) is 0 Å². The van der Waals surface area contributed by atoms with Gasteiger partial charge in [-0.25, -0.2) is 9.18 Å². The zero-order valence-electron chi connectivity index (χ0n) is 12.9. The van der Waals surface area contributed by atoms with Gasteiger partial charge in [-0.1, -0.05) is 6.92 Å². The molecule has 1 aliphatic heterocycles. The second kappa shape index (κ2) is 6.87. The normalized spacial score (nSPS) is 19.8. The fraction of sp³-hybridized carbons (Fsp3) is 0.500. The zero-order chi connectivity index (χ0) is 16.3. The molecule has 0 spiro atoms. The summed E-state index contributed by atoms with van der Waals surface area (Å²) in [6, 6.07) is 3.48. The van der Waals surface area contributed by atoms with Crippen LogP contribution in [0.3, 0.4) is 0 Å². The van der Waals surface area contributed by atoms with E-state index < -0.39 is 11.8 Å². The Morgan fingerprint density at radius 2 is 2.09 bits per heavy atom. The van der Waals surface area contributed by atoms with Crippen LogP contribution in [0.15, 0.2) is 18.2 Å². The number of carbonyl (C=O) groups excluding carboxylic acids is 1. The third-order valence-electron chi connectivity index (χ3n) is 4.08. The fourth-order valence-electron chi connectivity index (χ4n) is 2.84. The molecule has 2 rings (SSSR count). The third-order valence-corrected chi connectivity index (χ3v) is 4.08. The van der Waals surface area contributed by atoms with Crippen molar-refractivity contribution in [1.29, 1.82) is 0 Å². The van der Waals surface area contributed by atoms with Crippen molar-refractivity contribution in [3.63, 3.8) is 0 Å². The van der Waals surface area contributed by atoms with Gasteiger partial charge in [0, 0.05) is 19.1 Å². The molecular formula is C16H21FN2O3. The summed E-state index contributed by atoms with van der Waals surface area (Å²) in [4.78, 5) is 27.4. The van der Waals surface area contributed by atoms with Crippen molar-refractivity contribution in [3.05, 3.63) is 35.1 Å². The van der Waals surface area contributed by atoms with Gasteiger partial charge < -0.3 is 14.9 Å². The number of likely N-dealkylation sites (N-methyl/N-ethyl adjacent to an activating group) is 1. The van der Waals surface area contributed by atoms with Crippen molar-refractivity contribution in [2.45, 2.75) is 25.8 Å². The Morgan fingerprint density at radius 1 is 1.36 bits per heavy atom. The number of aromatic carboxylic acids is 1. The first-order chi connectivity index (χ1) is 10.4. The Hall–Kier alpha value is -1.95. The minimum atomic E-state index is -1.21. The molecule has 22 heavy (non-hydrogen) atoms. The number of carboxylic acids is 1. The van der Waals surface area contributed by atoms with E-state index in [0.29, 0.717) is 6.54 Å². The smallest absolute Gasteiger partial charge is 0.335 e. The predicted molar refractivity (Wildman–Crippen MR) is 80.6 cm³/mol. The van der Waals surface area contributed by atoms with Crippen molar-refractivity contribution < 1.29 is 19.1 Å². The van der Waals surface area contributed by atoms with Gasteiger partial charge in [-0.05, 0) is 44.6 Å². The highest BCUT2D eigenvalue weighted by atomic mass is 19.1. The molecule has 1 aromatic rings. The maximum absolute atomic E-state index is 14.1. The fourth-order valence-corrected chi connectivity index (χ4v) is 2.84. The number of nitrogens with zero attached hydrogens (tertiary/aromatic N) is 2. The molecule has 1 heterocycles. The summed E-state index contributed by atoms with van der Waals surface area (Å²) in [5.41, 5.74) is -0.218. The van der Waals surface area contributed by atoms with E-state index in [1.54, 1.807) is 4.90 Å². The predicted octanol–water partition coefficient (Wildman–Crippen LogP) is 2.08. The summed E-state index contributed by atoms with van der Waals surface area (Å²) >= 11 is 0. The van der Waals surface area contributed by atoms with Gasteiger partial charge in [0.15, 0.2) is 0 Å². The van der Waals surface area contributed by atoms with Crippen molar-refractivity contribution in [2.75, 3.05) is 26.7 Å². The average molecular weight is 308 g/mol. The van der Waals surface area contributed by atoms with Crippen LogP contribution < -0.4 is 0 Å². The summed E-state index contributed by atoms with van der Waals surface area (Å²) in [5, 5.41) is 8.87. The molecule has 120 valence electrons. The third kappa shape index (κ3) is 3.44. The number of hydrogen-bond acceptors (Lipinski definition) is 3. The van der Waals surface area contributed by atoms with E-state index in [1.807, 2.05) is 14.0 Å². The maximum Gasteiger partial charge on any atom is 0.335 e. The van der Waals surface area contributed by atoms with Gasteiger partial charge >= 0.3 is 5.97 Å². The van der Waals surface area contributed by atoms with Gasteiger partial charge in [0.1, 0.15) is 5.82 Å². The Kier molecular flexibility index (Phi) is 5.13. The minimum Gasteiger partial charge on any atom is -0.478 e. The van der Waals surface area contributed by atoms with Crippen molar-refractivity contribution >= 4 is 11.9 Å². The summed E-state index contributed by atoms with van der Waals surface area (Å²) in [5.74, 6) is -2.35. The van der Waals surface area contributed by atoms with Gasteiger partial charge in [0.25, 0.3) is 5.91 Å². The van der Waals surface area contributed by atoms with Gasteiger partial charge in [0.05, 0.1) is 11.1 Å². The molecule has 0 saturated carbocycles. The number of amides is 1. The van der Waals surface area contributed by atoms with Crippen molar-refractivity contribution in [1.82, 2.24) is 9.80 Å². The molecule has 0 aliphatic carbocycles. The molecule has 1 amide bonds. The minimum absolute atomic E-state index is 0.0403. The maximum atomic E-state index is 14.1. The van der Waals surface area contributed by atoms with E-state index in [4.69, 9.17) is 5.11 Å². The Labute approximate surface area is 129 Å². The lowest BCUT2D eigenvalue weighted by Crippen LogP contribution is -2.43. The van der Waals surface area contributed by atoms with E-state index in [1.165, 1.54) is 12.1 Å². The molecule has 1 fully saturated rings. The first kappa shape index (κ1) is 16.4. The molecule has 1 aliphatic rings. The Morgan fingerprint density at radius 3 is 2.68 bits per heavy atom. The molecule has 1 atom stereocenters. The van der Waals surface area contributed by atoms with Crippen LogP contribution in [0.1, 0.15) is 40.5 Å². The standard InChI is InChI=1S/C16H21FN2O3/c1-3-12-10-18(2)7-4-8-19(12)15(20)13-6-5-11(16(21)22)9-14(13)17/h5-6,9,12H,3-4,7-8,10H2,1-2H3,(H,21,22). The van der Waals surface area contributed by atoms with Gasteiger partial charge in [-0.2, -0.15) is 0 Å². The molecule has 0 bridgehead atoms. The van der Waals surface area contributed by atoms with E-state index in [-0.39, 0.29) is 23.1 Å². The highest BCUT2D eigenvalue weighted by molar-refractivity contribution is 5.96. The highest BCUT2D eigenvalue weighted by Crippen LogP contribution is 2.19. The monoisotopic (exact) mass is 308 g/mol. The lowest BCUT2D eigenvalue weighted by Gasteiger charge is -2.30. The Bertz CT molecular complexity index is 577.